The average Bonchev–Trinajstić information content (AvgIpc) is 2.78. The van der Waals surface area contributed by atoms with E-state index < -0.39 is 0 Å². The number of rotatable bonds is 4. The van der Waals surface area contributed by atoms with Gasteiger partial charge in [0.25, 0.3) is 5.69 Å². The Kier molecular flexibility index (Phi) is 3.50. The second-order valence-corrected chi connectivity index (χ2v) is 4.43. The van der Waals surface area contributed by atoms with Crippen LogP contribution in [0.3, 0.4) is 0 Å². The molecule has 1 aromatic heterocycles. The number of benzene rings is 1. The summed E-state index contributed by atoms with van der Waals surface area (Å²) < 4.78 is 5.41. The monoisotopic (exact) mass is 261 g/mol. The summed E-state index contributed by atoms with van der Waals surface area (Å²) in [6.07, 6.45) is 1.64. The van der Waals surface area contributed by atoms with Crippen molar-refractivity contribution in [1.29, 1.82) is 0 Å². The van der Waals surface area contributed by atoms with Crippen molar-refractivity contribution >= 4 is 11.4 Å². The van der Waals surface area contributed by atoms with Crippen molar-refractivity contribution in [2.45, 2.75) is 26.8 Å². The normalized spacial score (nSPS) is 12.2. The molecule has 0 bridgehead atoms. The second kappa shape index (κ2) is 5.09. The third-order valence-corrected chi connectivity index (χ3v) is 2.80. The Labute approximate surface area is 110 Å². The average molecular weight is 261 g/mol. The van der Waals surface area contributed by atoms with Gasteiger partial charge in [-0.2, -0.15) is 0 Å². The lowest BCUT2D eigenvalue weighted by atomic mass is 10.1. The fourth-order valence-corrected chi connectivity index (χ4v) is 1.78. The summed E-state index contributed by atoms with van der Waals surface area (Å²) >= 11 is 0. The van der Waals surface area contributed by atoms with Gasteiger partial charge in [-0.25, -0.2) is 4.98 Å². The first-order chi connectivity index (χ1) is 8.97. The SMILES string of the molecule is Cc1cnc(C(C)Nc2ccc(C)c([N+](=O)[O-])c2)o1. The fourth-order valence-electron chi connectivity index (χ4n) is 1.78. The standard InChI is InChI=1S/C13H15N3O3/c1-8-4-5-11(6-12(8)16(17)18)15-10(3)13-14-7-9(2)19-13/h4-7,10,15H,1-3H3. The molecule has 2 rings (SSSR count). The molecule has 0 aliphatic carbocycles. The molecule has 100 valence electrons. The molecule has 2 aromatic rings. The van der Waals surface area contributed by atoms with Gasteiger partial charge in [-0.3, -0.25) is 10.1 Å². The molecule has 19 heavy (non-hydrogen) atoms. The smallest absolute Gasteiger partial charge is 0.274 e. The van der Waals surface area contributed by atoms with Gasteiger partial charge in [0.05, 0.1) is 11.1 Å². The molecule has 0 aliphatic rings. The molecule has 0 amide bonds. The minimum atomic E-state index is -0.388. The van der Waals surface area contributed by atoms with Crippen LogP contribution in [0.15, 0.2) is 28.8 Å². The van der Waals surface area contributed by atoms with Crippen molar-refractivity contribution in [1.82, 2.24) is 4.98 Å². The van der Waals surface area contributed by atoms with Crippen LogP contribution in [0.5, 0.6) is 0 Å². The van der Waals surface area contributed by atoms with Crippen LogP contribution in [0.1, 0.15) is 30.2 Å². The molecule has 0 saturated carbocycles. The van der Waals surface area contributed by atoms with E-state index in [2.05, 4.69) is 10.3 Å². The summed E-state index contributed by atoms with van der Waals surface area (Å²) in [4.78, 5) is 14.6. The number of nitro groups is 1. The molecule has 6 heteroatoms. The zero-order valence-corrected chi connectivity index (χ0v) is 11.0. The van der Waals surface area contributed by atoms with Crippen LogP contribution >= 0.6 is 0 Å². The maximum atomic E-state index is 10.9. The van der Waals surface area contributed by atoms with Crippen LogP contribution < -0.4 is 5.32 Å². The number of aryl methyl sites for hydroxylation is 2. The molecular formula is C13H15N3O3. The van der Waals surface area contributed by atoms with E-state index in [4.69, 9.17) is 4.42 Å². The van der Waals surface area contributed by atoms with Crippen molar-refractivity contribution in [2.75, 3.05) is 5.32 Å². The Morgan fingerprint density at radius 1 is 1.42 bits per heavy atom. The van der Waals surface area contributed by atoms with Gasteiger partial charge in [-0.15, -0.1) is 0 Å². The molecule has 6 nitrogen and oxygen atoms in total. The zero-order valence-electron chi connectivity index (χ0n) is 11.0. The quantitative estimate of drug-likeness (QED) is 0.674. The highest BCUT2D eigenvalue weighted by atomic mass is 16.6. The van der Waals surface area contributed by atoms with Gasteiger partial charge in [0, 0.05) is 17.3 Å². The van der Waals surface area contributed by atoms with Crippen molar-refractivity contribution < 1.29 is 9.34 Å². The first-order valence-electron chi connectivity index (χ1n) is 5.91. The highest BCUT2D eigenvalue weighted by Crippen LogP contribution is 2.25. The van der Waals surface area contributed by atoms with Crippen LogP contribution in [-0.2, 0) is 0 Å². The maximum Gasteiger partial charge on any atom is 0.274 e. The van der Waals surface area contributed by atoms with Crippen LogP contribution in [0.25, 0.3) is 0 Å². The van der Waals surface area contributed by atoms with Crippen molar-refractivity contribution in [2.24, 2.45) is 0 Å². The van der Waals surface area contributed by atoms with Crippen LogP contribution in [0.4, 0.5) is 11.4 Å². The highest BCUT2D eigenvalue weighted by Gasteiger charge is 2.14. The molecular weight excluding hydrogens is 246 g/mol. The van der Waals surface area contributed by atoms with Gasteiger partial charge in [0.1, 0.15) is 11.8 Å². The van der Waals surface area contributed by atoms with E-state index in [1.165, 1.54) is 6.07 Å². The number of hydrogen-bond acceptors (Lipinski definition) is 5. The van der Waals surface area contributed by atoms with Gasteiger partial charge in [-0.05, 0) is 26.8 Å². The lowest BCUT2D eigenvalue weighted by Gasteiger charge is -2.12. The molecule has 1 aromatic carbocycles. The zero-order chi connectivity index (χ0) is 14.0. The second-order valence-electron chi connectivity index (χ2n) is 4.43. The fraction of sp³-hybridized carbons (Fsp3) is 0.308. The number of aromatic nitrogens is 1. The first-order valence-corrected chi connectivity index (χ1v) is 5.91. The lowest BCUT2D eigenvalue weighted by Crippen LogP contribution is -2.07. The Balaban J connectivity index is 2.19. The third kappa shape index (κ3) is 2.90. The van der Waals surface area contributed by atoms with E-state index in [1.54, 1.807) is 25.3 Å². The molecule has 0 spiro atoms. The van der Waals surface area contributed by atoms with Gasteiger partial charge in [0.2, 0.25) is 5.89 Å². The minimum absolute atomic E-state index is 0.0979. The topological polar surface area (TPSA) is 81.2 Å². The molecule has 0 saturated heterocycles. The predicted octanol–water partition coefficient (Wildman–Crippen LogP) is 3.37. The molecule has 0 radical (unpaired) electrons. The summed E-state index contributed by atoms with van der Waals surface area (Å²) in [5, 5.41) is 14.0. The Hall–Kier alpha value is -2.37. The Bertz CT molecular complexity index is 607. The lowest BCUT2D eigenvalue weighted by molar-refractivity contribution is -0.385. The van der Waals surface area contributed by atoms with Crippen molar-refractivity contribution in [3.63, 3.8) is 0 Å². The summed E-state index contributed by atoms with van der Waals surface area (Å²) in [6, 6.07) is 4.88. The molecule has 1 heterocycles. The maximum absolute atomic E-state index is 10.9. The summed E-state index contributed by atoms with van der Waals surface area (Å²) in [5.41, 5.74) is 1.40. The summed E-state index contributed by atoms with van der Waals surface area (Å²) in [5.74, 6) is 1.29. The van der Waals surface area contributed by atoms with Crippen molar-refractivity contribution in [3.8, 4) is 0 Å². The molecule has 1 N–H and O–H groups in total. The first kappa shape index (κ1) is 13.1. The Morgan fingerprint density at radius 3 is 2.74 bits per heavy atom. The van der Waals surface area contributed by atoms with Gasteiger partial charge in [-0.1, -0.05) is 6.07 Å². The summed E-state index contributed by atoms with van der Waals surface area (Å²) in [6.45, 7) is 5.42. The minimum Gasteiger partial charge on any atom is -0.444 e. The third-order valence-electron chi connectivity index (χ3n) is 2.80. The van der Waals surface area contributed by atoms with Crippen LogP contribution in [0, 0.1) is 24.0 Å². The predicted molar refractivity (Wildman–Crippen MR) is 71.1 cm³/mol. The van der Waals surface area contributed by atoms with Crippen molar-refractivity contribution in [3.05, 3.63) is 51.7 Å². The number of oxazole rings is 1. The van der Waals surface area contributed by atoms with Crippen LogP contribution in [-0.4, -0.2) is 9.91 Å². The molecule has 0 fully saturated rings. The van der Waals surface area contributed by atoms with E-state index >= 15 is 0 Å². The number of nitrogens with zero attached hydrogens (tertiary/aromatic N) is 2. The van der Waals surface area contributed by atoms with E-state index in [1.807, 2.05) is 13.8 Å². The van der Waals surface area contributed by atoms with Gasteiger partial charge in [0.15, 0.2) is 0 Å². The number of nitrogens with one attached hydrogen (secondary N) is 1. The molecule has 0 aliphatic heterocycles. The number of nitro benzene ring substituents is 1. The number of hydrogen-bond donors (Lipinski definition) is 1. The number of anilines is 1. The molecule has 1 unspecified atom stereocenters. The largest absolute Gasteiger partial charge is 0.444 e. The van der Waals surface area contributed by atoms with E-state index in [9.17, 15) is 10.1 Å². The Morgan fingerprint density at radius 2 is 2.16 bits per heavy atom. The molecule has 1 atom stereocenters. The highest BCUT2D eigenvalue weighted by molar-refractivity contribution is 5.55. The van der Waals surface area contributed by atoms with Crippen LogP contribution in [0.2, 0.25) is 0 Å². The van der Waals surface area contributed by atoms with Gasteiger partial charge < -0.3 is 9.73 Å². The van der Waals surface area contributed by atoms with Gasteiger partial charge >= 0.3 is 0 Å². The van der Waals surface area contributed by atoms with E-state index in [0.29, 0.717) is 17.1 Å². The van der Waals surface area contributed by atoms with E-state index in [0.717, 1.165) is 5.76 Å². The van der Waals surface area contributed by atoms with E-state index in [-0.39, 0.29) is 16.7 Å². The summed E-state index contributed by atoms with van der Waals surface area (Å²) in [7, 11) is 0.